The van der Waals surface area contributed by atoms with Crippen LogP contribution in [0.1, 0.15) is 60.3 Å². The number of rotatable bonds is 2. The molecule has 2 heteroatoms. The van der Waals surface area contributed by atoms with Crippen LogP contribution in [-0.4, -0.2) is 11.4 Å². The molecule has 0 spiro atoms. The molecule has 2 nitrogen and oxygen atoms in total. The second kappa shape index (κ2) is 5.20. The molecule has 0 atom stereocenters. The molecule has 0 radical (unpaired) electrons. The zero-order valence-electron chi connectivity index (χ0n) is 11.5. The van der Waals surface area contributed by atoms with Crippen LogP contribution in [0, 0.1) is 17.8 Å². The maximum atomic E-state index is 12.0. The lowest BCUT2D eigenvalue weighted by Gasteiger charge is -2.32. The molecular weight excluding hydrogens is 198 g/mol. The van der Waals surface area contributed by atoms with Crippen LogP contribution in [0.4, 0.5) is 0 Å². The summed E-state index contributed by atoms with van der Waals surface area (Å²) < 4.78 is 0. The molecule has 0 saturated heterocycles. The molecule has 0 aromatic carbocycles. The molecule has 1 saturated carbocycles. The van der Waals surface area contributed by atoms with E-state index < -0.39 is 0 Å². The molecule has 0 unspecified atom stereocenters. The van der Waals surface area contributed by atoms with E-state index in [4.69, 9.17) is 0 Å². The molecule has 1 aliphatic carbocycles. The van der Waals surface area contributed by atoms with Crippen LogP contribution in [0.25, 0.3) is 0 Å². The van der Waals surface area contributed by atoms with Crippen molar-refractivity contribution in [3.05, 3.63) is 0 Å². The largest absolute Gasteiger partial charge is 0.351 e. The third-order valence-corrected chi connectivity index (χ3v) is 3.58. The molecule has 1 aliphatic rings. The minimum absolute atomic E-state index is 0.0913. The Morgan fingerprint density at radius 2 is 1.62 bits per heavy atom. The lowest BCUT2D eigenvalue weighted by molar-refractivity contribution is -0.127. The zero-order chi connectivity index (χ0) is 12.3. The summed E-state index contributed by atoms with van der Waals surface area (Å²) in [4.78, 5) is 12.0. The third-order valence-electron chi connectivity index (χ3n) is 3.58. The molecule has 1 fully saturated rings. The highest BCUT2D eigenvalue weighted by Gasteiger charge is 2.29. The fourth-order valence-corrected chi connectivity index (χ4v) is 2.52. The average molecular weight is 225 g/mol. The Morgan fingerprint density at radius 1 is 1.12 bits per heavy atom. The monoisotopic (exact) mass is 225 g/mol. The van der Waals surface area contributed by atoms with Gasteiger partial charge in [0.2, 0.25) is 5.91 Å². The van der Waals surface area contributed by atoms with Gasteiger partial charge in [0.15, 0.2) is 0 Å². The number of amides is 1. The summed E-state index contributed by atoms with van der Waals surface area (Å²) in [5.74, 6) is 2.12. The van der Waals surface area contributed by atoms with Gasteiger partial charge in [0.05, 0.1) is 0 Å². The van der Waals surface area contributed by atoms with Gasteiger partial charge in [-0.25, -0.2) is 0 Å². The first-order chi connectivity index (χ1) is 7.29. The predicted octanol–water partition coefficient (Wildman–Crippen LogP) is 3.36. The molecule has 16 heavy (non-hydrogen) atoms. The third kappa shape index (κ3) is 4.15. The predicted molar refractivity (Wildman–Crippen MR) is 68.2 cm³/mol. The summed E-state index contributed by atoms with van der Waals surface area (Å²) in [6.45, 7) is 10.7. The summed E-state index contributed by atoms with van der Waals surface area (Å²) in [5.41, 5.74) is -0.0913. The molecule has 1 amide bonds. The van der Waals surface area contributed by atoms with Crippen molar-refractivity contribution in [3.8, 4) is 0 Å². The number of hydrogen-bond donors (Lipinski definition) is 1. The van der Waals surface area contributed by atoms with Crippen LogP contribution in [0.5, 0.6) is 0 Å². The maximum absolute atomic E-state index is 12.0. The van der Waals surface area contributed by atoms with Crippen molar-refractivity contribution in [2.45, 2.75) is 65.8 Å². The SMILES string of the molecule is CC(C)C1CCC(C(=O)NC(C)(C)C)CC1. The summed E-state index contributed by atoms with van der Waals surface area (Å²) in [7, 11) is 0. The van der Waals surface area contributed by atoms with Crippen LogP contribution >= 0.6 is 0 Å². The molecular formula is C14H27NO. The second-order valence-corrected chi connectivity index (χ2v) is 6.59. The lowest BCUT2D eigenvalue weighted by atomic mass is 9.76. The van der Waals surface area contributed by atoms with Gasteiger partial charge >= 0.3 is 0 Å². The molecule has 0 aliphatic heterocycles. The molecule has 0 aromatic heterocycles. The van der Waals surface area contributed by atoms with Crippen molar-refractivity contribution >= 4 is 5.91 Å². The second-order valence-electron chi connectivity index (χ2n) is 6.59. The van der Waals surface area contributed by atoms with Crippen LogP contribution < -0.4 is 5.32 Å². The van der Waals surface area contributed by atoms with E-state index in [-0.39, 0.29) is 17.4 Å². The van der Waals surface area contributed by atoms with Crippen molar-refractivity contribution in [2.75, 3.05) is 0 Å². The average Bonchev–Trinajstić information content (AvgIpc) is 2.15. The Balaban J connectivity index is 2.39. The van der Waals surface area contributed by atoms with Crippen LogP contribution in [-0.2, 0) is 4.79 Å². The van der Waals surface area contributed by atoms with Gasteiger partial charge in [-0.3, -0.25) is 4.79 Å². The van der Waals surface area contributed by atoms with E-state index in [1.807, 2.05) is 20.8 Å². The van der Waals surface area contributed by atoms with Crippen LogP contribution in [0.3, 0.4) is 0 Å². The fraction of sp³-hybridized carbons (Fsp3) is 0.929. The summed E-state index contributed by atoms with van der Waals surface area (Å²) in [5, 5.41) is 3.09. The minimum atomic E-state index is -0.0913. The van der Waals surface area contributed by atoms with E-state index in [2.05, 4.69) is 19.2 Å². The van der Waals surface area contributed by atoms with Crippen molar-refractivity contribution in [1.82, 2.24) is 5.32 Å². The maximum Gasteiger partial charge on any atom is 0.223 e. The van der Waals surface area contributed by atoms with E-state index in [0.717, 1.165) is 24.7 Å². The van der Waals surface area contributed by atoms with Crippen molar-refractivity contribution in [3.63, 3.8) is 0 Å². The van der Waals surface area contributed by atoms with E-state index in [0.29, 0.717) is 0 Å². The van der Waals surface area contributed by atoms with Gasteiger partial charge in [0, 0.05) is 11.5 Å². The first-order valence-electron chi connectivity index (χ1n) is 6.61. The minimum Gasteiger partial charge on any atom is -0.351 e. The summed E-state index contributed by atoms with van der Waals surface area (Å²) >= 11 is 0. The smallest absolute Gasteiger partial charge is 0.223 e. The van der Waals surface area contributed by atoms with Crippen LogP contribution in [0.2, 0.25) is 0 Å². The van der Waals surface area contributed by atoms with Crippen molar-refractivity contribution in [1.29, 1.82) is 0 Å². The molecule has 0 heterocycles. The topological polar surface area (TPSA) is 29.1 Å². The molecule has 1 N–H and O–H groups in total. The van der Waals surface area contributed by atoms with Crippen LogP contribution in [0.15, 0.2) is 0 Å². The van der Waals surface area contributed by atoms with E-state index in [9.17, 15) is 4.79 Å². The van der Waals surface area contributed by atoms with Gasteiger partial charge < -0.3 is 5.32 Å². The fourth-order valence-electron chi connectivity index (χ4n) is 2.52. The number of carbonyl (C=O) groups is 1. The molecule has 0 bridgehead atoms. The zero-order valence-corrected chi connectivity index (χ0v) is 11.5. The first-order valence-corrected chi connectivity index (χ1v) is 6.61. The van der Waals surface area contributed by atoms with Gasteiger partial charge in [-0.1, -0.05) is 13.8 Å². The van der Waals surface area contributed by atoms with E-state index in [1.54, 1.807) is 0 Å². The number of nitrogens with one attached hydrogen (secondary N) is 1. The van der Waals surface area contributed by atoms with Gasteiger partial charge in [-0.15, -0.1) is 0 Å². The van der Waals surface area contributed by atoms with Crippen molar-refractivity contribution < 1.29 is 4.79 Å². The summed E-state index contributed by atoms with van der Waals surface area (Å²) in [6.07, 6.45) is 4.59. The first kappa shape index (κ1) is 13.5. The standard InChI is InChI=1S/C14H27NO/c1-10(2)11-6-8-12(9-7-11)13(16)15-14(3,4)5/h10-12H,6-9H2,1-5H3,(H,15,16). The Kier molecular flexibility index (Phi) is 4.40. The molecule has 94 valence electrons. The van der Waals surface area contributed by atoms with E-state index >= 15 is 0 Å². The number of hydrogen-bond acceptors (Lipinski definition) is 1. The molecule has 0 aromatic rings. The Bertz CT molecular complexity index is 232. The Labute approximate surface area is 100 Å². The normalized spacial score (nSPS) is 26.9. The van der Waals surface area contributed by atoms with Gasteiger partial charge in [-0.05, 0) is 58.3 Å². The highest BCUT2D eigenvalue weighted by molar-refractivity contribution is 5.79. The number of carbonyl (C=O) groups excluding carboxylic acids is 1. The quantitative estimate of drug-likeness (QED) is 0.767. The van der Waals surface area contributed by atoms with Gasteiger partial charge in [-0.2, -0.15) is 0 Å². The molecule has 1 rings (SSSR count). The van der Waals surface area contributed by atoms with Crippen molar-refractivity contribution in [2.24, 2.45) is 17.8 Å². The summed E-state index contributed by atoms with van der Waals surface area (Å²) in [6, 6.07) is 0. The van der Waals surface area contributed by atoms with E-state index in [1.165, 1.54) is 12.8 Å². The Morgan fingerprint density at radius 3 is 2.00 bits per heavy atom. The lowest BCUT2D eigenvalue weighted by Crippen LogP contribution is -2.44. The van der Waals surface area contributed by atoms with Gasteiger partial charge in [0.25, 0.3) is 0 Å². The Hall–Kier alpha value is -0.530. The highest BCUT2D eigenvalue weighted by atomic mass is 16.2. The van der Waals surface area contributed by atoms with Gasteiger partial charge in [0.1, 0.15) is 0 Å². The highest BCUT2D eigenvalue weighted by Crippen LogP contribution is 2.33.